The van der Waals surface area contributed by atoms with Crippen molar-refractivity contribution in [1.82, 2.24) is 9.88 Å². The summed E-state index contributed by atoms with van der Waals surface area (Å²) in [5.74, 6) is -0.307. The highest BCUT2D eigenvalue weighted by molar-refractivity contribution is 5.89. The summed E-state index contributed by atoms with van der Waals surface area (Å²) in [4.78, 5) is 18.1. The van der Waals surface area contributed by atoms with Gasteiger partial charge in [-0.1, -0.05) is 18.2 Å². The highest BCUT2D eigenvalue weighted by Crippen LogP contribution is 2.17. The van der Waals surface area contributed by atoms with Crippen LogP contribution in [0.2, 0.25) is 0 Å². The minimum atomic E-state index is -0.307. The first-order valence-corrected chi connectivity index (χ1v) is 8.64. The van der Waals surface area contributed by atoms with Crippen molar-refractivity contribution in [3.05, 3.63) is 65.5 Å². The van der Waals surface area contributed by atoms with Crippen LogP contribution in [0, 0.1) is 0 Å². The van der Waals surface area contributed by atoms with E-state index in [0.29, 0.717) is 11.7 Å². The lowest BCUT2D eigenvalue weighted by Crippen LogP contribution is -2.31. The summed E-state index contributed by atoms with van der Waals surface area (Å²) in [6.45, 7) is 3.38. The van der Waals surface area contributed by atoms with Crippen LogP contribution in [0.15, 0.2) is 48.8 Å². The van der Waals surface area contributed by atoms with E-state index in [1.165, 1.54) is 12.7 Å². The predicted octanol–water partition coefficient (Wildman–Crippen LogP) is 3.05. The van der Waals surface area contributed by atoms with E-state index < -0.39 is 0 Å². The quantitative estimate of drug-likeness (QED) is 0.725. The molecule has 2 heterocycles. The second kappa shape index (κ2) is 8.74. The van der Waals surface area contributed by atoms with Crippen LogP contribution in [-0.4, -0.2) is 42.2 Å². The number of carbonyl (C=O) groups excluding carboxylic acids is 1. The number of hydrogen-bond acceptors (Lipinski definition) is 5. The van der Waals surface area contributed by atoms with Gasteiger partial charge in [0.2, 0.25) is 0 Å². The van der Waals surface area contributed by atoms with Gasteiger partial charge >= 0.3 is 5.97 Å². The van der Waals surface area contributed by atoms with Gasteiger partial charge < -0.3 is 9.47 Å². The van der Waals surface area contributed by atoms with Gasteiger partial charge in [0.05, 0.1) is 18.8 Å². The summed E-state index contributed by atoms with van der Waals surface area (Å²) in [5, 5.41) is 0. The smallest absolute Gasteiger partial charge is 0.337 e. The van der Waals surface area contributed by atoms with Gasteiger partial charge in [-0.15, -0.1) is 0 Å². The molecule has 0 amide bonds. The average Bonchev–Trinajstić information content (AvgIpc) is 3.15. The first-order chi connectivity index (χ1) is 12.2. The largest absolute Gasteiger partial charge is 0.465 e. The molecule has 0 saturated carbocycles. The summed E-state index contributed by atoms with van der Waals surface area (Å²) in [7, 11) is 1.40. The molecule has 0 N–H and O–H groups in total. The normalized spacial score (nSPS) is 17.0. The fourth-order valence-electron chi connectivity index (χ4n) is 3.13. The highest BCUT2D eigenvalue weighted by atomic mass is 16.5. The maximum absolute atomic E-state index is 11.6. The van der Waals surface area contributed by atoms with E-state index in [9.17, 15) is 4.79 Å². The number of rotatable bonds is 7. The molecule has 1 aliphatic rings. The van der Waals surface area contributed by atoms with Crippen LogP contribution in [0.25, 0.3) is 0 Å². The van der Waals surface area contributed by atoms with E-state index >= 15 is 0 Å². The van der Waals surface area contributed by atoms with Crippen molar-refractivity contribution in [2.24, 2.45) is 0 Å². The summed E-state index contributed by atoms with van der Waals surface area (Å²) >= 11 is 0. The fourth-order valence-corrected chi connectivity index (χ4v) is 3.13. The molecule has 0 bridgehead atoms. The zero-order chi connectivity index (χ0) is 17.5. The van der Waals surface area contributed by atoms with Crippen molar-refractivity contribution in [3.8, 4) is 0 Å². The molecular weight excluding hydrogens is 316 g/mol. The minimum Gasteiger partial charge on any atom is -0.465 e. The molecular formula is C20H24N2O3. The SMILES string of the molecule is COC(=O)c1ccc(CN(Cc2cccnc2)C[C@H]2CCCO2)cc1. The van der Waals surface area contributed by atoms with Gasteiger partial charge in [0, 0.05) is 38.6 Å². The van der Waals surface area contributed by atoms with Gasteiger partial charge in [0.25, 0.3) is 0 Å². The number of aromatic nitrogens is 1. The topological polar surface area (TPSA) is 51.7 Å². The Balaban J connectivity index is 1.68. The molecule has 0 radical (unpaired) electrons. The van der Waals surface area contributed by atoms with Crippen LogP contribution in [0.3, 0.4) is 0 Å². The Morgan fingerprint density at radius 2 is 2.04 bits per heavy atom. The number of hydrogen-bond donors (Lipinski definition) is 0. The zero-order valence-electron chi connectivity index (χ0n) is 14.6. The number of esters is 1. The molecule has 2 aromatic rings. The Kier molecular flexibility index (Phi) is 6.14. The Morgan fingerprint density at radius 3 is 2.68 bits per heavy atom. The maximum atomic E-state index is 11.6. The van der Waals surface area contributed by atoms with Gasteiger partial charge in [0.1, 0.15) is 0 Å². The third kappa shape index (κ3) is 5.11. The van der Waals surface area contributed by atoms with Gasteiger partial charge in [-0.3, -0.25) is 9.88 Å². The van der Waals surface area contributed by atoms with Crippen molar-refractivity contribution < 1.29 is 14.3 Å². The first-order valence-electron chi connectivity index (χ1n) is 8.64. The molecule has 1 fully saturated rings. The minimum absolute atomic E-state index is 0.297. The highest BCUT2D eigenvalue weighted by Gasteiger charge is 2.20. The van der Waals surface area contributed by atoms with Gasteiger partial charge in [-0.05, 0) is 42.2 Å². The molecule has 132 valence electrons. The van der Waals surface area contributed by atoms with E-state index in [0.717, 1.165) is 44.6 Å². The fraction of sp³-hybridized carbons (Fsp3) is 0.400. The van der Waals surface area contributed by atoms with Gasteiger partial charge in [-0.25, -0.2) is 4.79 Å². The Bertz CT molecular complexity index is 667. The Hall–Kier alpha value is -2.24. The molecule has 1 atom stereocenters. The molecule has 1 saturated heterocycles. The maximum Gasteiger partial charge on any atom is 0.337 e. The molecule has 1 aromatic carbocycles. The van der Waals surface area contributed by atoms with Crippen molar-refractivity contribution in [1.29, 1.82) is 0 Å². The molecule has 1 aromatic heterocycles. The molecule has 3 rings (SSSR count). The van der Waals surface area contributed by atoms with Gasteiger partial charge in [-0.2, -0.15) is 0 Å². The van der Waals surface area contributed by atoms with Gasteiger partial charge in [0.15, 0.2) is 0 Å². The molecule has 5 heteroatoms. The Morgan fingerprint density at radius 1 is 1.24 bits per heavy atom. The van der Waals surface area contributed by atoms with Crippen molar-refractivity contribution in [2.75, 3.05) is 20.3 Å². The average molecular weight is 340 g/mol. The van der Waals surface area contributed by atoms with Crippen LogP contribution in [-0.2, 0) is 22.6 Å². The summed E-state index contributed by atoms with van der Waals surface area (Å²) in [5.41, 5.74) is 2.92. The second-order valence-electron chi connectivity index (χ2n) is 6.35. The zero-order valence-corrected chi connectivity index (χ0v) is 14.6. The van der Waals surface area contributed by atoms with Crippen LogP contribution < -0.4 is 0 Å². The predicted molar refractivity (Wildman–Crippen MR) is 95.1 cm³/mol. The lowest BCUT2D eigenvalue weighted by Gasteiger charge is -2.25. The van der Waals surface area contributed by atoms with Crippen LogP contribution in [0.4, 0.5) is 0 Å². The second-order valence-corrected chi connectivity index (χ2v) is 6.35. The molecule has 5 nitrogen and oxygen atoms in total. The molecule has 0 unspecified atom stereocenters. The van der Waals surface area contributed by atoms with Crippen LogP contribution in [0.5, 0.6) is 0 Å². The monoisotopic (exact) mass is 340 g/mol. The molecule has 0 aliphatic carbocycles. The van der Waals surface area contributed by atoms with E-state index in [1.54, 1.807) is 6.20 Å². The number of ether oxygens (including phenoxy) is 2. The lowest BCUT2D eigenvalue weighted by atomic mass is 10.1. The number of benzene rings is 1. The number of methoxy groups -OCH3 is 1. The summed E-state index contributed by atoms with van der Waals surface area (Å²) < 4.78 is 10.6. The van der Waals surface area contributed by atoms with E-state index in [1.807, 2.05) is 36.5 Å². The summed E-state index contributed by atoms with van der Waals surface area (Å²) in [6.07, 6.45) is 6.25. The number of carbonyl (C=O) groups is 1. The Labute approximate surface area is 148 Å². The van der Waals surface area contributed by atoms with Crippen molar-refractivity contribution in [3.63, 3.8) is 0 Å². The molecule has 25 heavy (non-hydrogen) atoms. The van der Waals surface area contributed by atoms with E-state index in [-0.39, 0.29) is 5.97 Å². The third-order valence-electron chi connectivity index (χ3n) is 4.40. The number of nitrogens with zero attached hydrogens (tertiary/aromatic N) is 2. The van der Waals surface area contributed by atoms with E-state index in [4.69, 9.17) is 9.47 Å². The first kappa shape index (κ1) is 17.6. The molecule has 1 aliphatic heterocycles. The van der Waals surface area contributed by atoms with Crippen LogP contribution in [0.1, 0.15) is 34.3 Å². The number of pyridine rings is 1. The van der Waals surface area contributed by atoms with E-state index in [2.05, 4.69) is 16.0 Å². The summed E-state index contributed by atoms with van der Waals surface area (Å²) in [6, 6.07) is 11.7. The molecule has 0 spiro atoms. The van der Waals surface area contributed by atoms with Crippen molar-refractivity contribution >= 4 is 5.97 Å². The lowest BCUT2D eigenvalue weighted by molar-refractivity contribution is 0.0600. The van der Waals surface area contributed by atoms with Crippen LogP contribution >= 0.6 is 0 Å². The third-order valence-corrected chi connectivity index (χ3v) is 4.40. The standard InChI is InChI=1S/C20H24N2O3/c1-24-20(23)18-8-6-16(7-9-18)13-22(15-19-5-3-11-25-19)14-17-4-2-10-21-12-17/h2,4,6-10,12,19H,3,5,11,13-15H2,1H3/t19-/m1/s1. The van der Waals surface area contributed by atoms with Crippen molar-refractivity contribution in [2.45, 2.75) is 32.0 Å².